The van der Waals surface area contributed by atoms with Gasteiger partial charge in [-0.05, 0) is 37.8 Å². The average Bonchev–Trinajstić information content (AvgIpc) is 2.76. The van der Waals surface area contributed by atoms with Gasteiger partial charge in [0.2, 0.25) is 0 Å². The highest BCUT2D eigenvalue weighted by molar-refractivity contribution is 5.74. The molecule has 3 rings (SSSR count). The Kier molecular flexibility index (Phi) is 4.11. The van der Waals surface area contributed by atoms with E-state index in [9.17, 15) is 4.79 Å². The first kappa shape index (κ1) is 14.3. The molecule has 0 aromatic heterocycles. The number of carbonyl (C=O) groups excluding carboxylic acids is 1. The number of ether oxygens (including phenoxy) is 1. The number of hydrogen-bond donors (Lipinski definition) is 0. The Morgan fingerprint density at radius 2 is 2.05 bits per heavy atom. The van der Waals surface area contributed by atoms with Gasteiger partial charge in [0.05, 0.1) is 13.0 Å². The van der Waals surface area contributed by atoms with Crippen molar-refractivity contribution >= 4 is 12.0 Å². The predicted octanol–water partition coefficient (Wildman–Crippen LogP) is 2.97. The summed E-state index contributed by atoms with van der Waals surface area (Å²) in [5.74, 6) is 0.194. The molecule has 4 atom stereocenters. The molecule has 3 heteroatoms. The molecule has 1 aromatic rings. The van der Waals surface area contributed by atoms with Crippen molar-refractivity contribution in [1.82, 2.24) is 4.90 Å². The van der Waals surface area contributed by atoms with E-state index in [4.69, 9.17) is 4.74 Å². The van der Waals surface area contributed by atoms with Gasteiger partial charge in [-0.25, -0.2) is 0 Å². The maximum Gasteiger partial charge on any atom is 0.310 e. The molecule has 0 N–H and O–H groups in total. The van der Waals surface area contributed by atoms with Crippen molar-refractivity contribution in [2.45, 2.75) is 31.3 Å². The molecule has 112 valence electrons. The number of benzene rings is 1. The zero-order chi connectivity index (χ0) is 14.8. The fraction of sp³-hybridized carbons (Fsp3) is 0.500. The van der Waals surface area contributed by atoms with Gasteiger partial charge >= 0.3 is 5.97 Å². The SMILES string of the molecule is COC(=O)[C@H]1[C@H](/C=C/c2ccccc2)C[C@H]2CC[C@@H]1N2C. The van der Waals surface area contributed by atoms with E-state index < -0.39 is 0 Å². The van der Waals surface area contributed by atoms with Crippen molar-refractivity contribution < 1.29 is 9.53 Å². The molecule has 0 saturated carbocycles. The number of methoxy groups -OCH3 is 1. The van der Waals surface area contributed by atoms with Gasteiger partial charge in [0, 0.05) is 12.1 Å². The predicted molar refractivity (Wildman–Crippen MR) is 83.7 cm³/mol. The highest BCUT2D eigenvalue weighted by Crippen LogP contribution is 2.42. The third kappa shape index (κ3) is 2.75. The second kappa shape index (κ2) is 6.02. The van der Waals surface area contributed by atoms with Crippen LogP contribution in [0.3, 0.4) is 0 Å². The van der Waals surface area contributed by atoms with Crippen molar-refractivity contribution in [3.8, 4) is 0 Å². The zero-order valence-electron chi connectivity index (χ0n) is 12.7. The summed E-state index contributed by atoms with van der Waals surface area (Å²) in [6.07, 6.45) is 7.72. The van der Waals surface area contributed by atoms with Gasteiger partial charge in [0.25, 0.3) is 0 Å². The Labute approximate surface area is 126 Å². The summed E-state index contributed by atoms with van der Waals surface area (Å²) in [5, 5.41) is 0. The standard InChI is InChI=1S/C18H23NO2/c1-19-15-10-11-16(19)17(18(20)21-2)14(12-15)9-8-13-6-4-3-5-7-13/h3-9,14-17H,10-12H2,1-2H3/b9-8+/t14-,15-,16+,17+/m1/s1. The summed E-state index contributed by atoms with van der Waals surface area (Å²) >= 11 is 0. The second-order valence-electron chi connectivity index (χ2n) is 6.18. The van der Waals surface area contributed by atoms with Gasteiger partial charge in [-0.3, -0.25) is 9.69 Å². The van der Waals surface area contributed by atoms with Crippen molar-refractivity contribution in [3.05, 3.63) is 42.0 Å². The van der Waals surface area contributed by atoms with Crippen LogP contribution in [0.4, 0.5) is 0 Å². The van der Waals surface area contributed by atoms with Gasteiger partial charge < -0.3 is 4.74 Å². The fourth-order valence-electron chi connectivity index (χ4n) is 3.97. The number of allylic oxidation sites excluding steroid dienone is 1. The monoisotopic (exact) mass is 285 g/mol. The summed E-state index contributed by atoms with van der Waals surface area (Å²) in [6.45, 7) is 0. The molecule has 3 nitrogen and oxygen atoms in total. The number of fused-ring (bicyclic) bond motifs is 2. The van der Waals surface area contributed by atoms with E-state index in [1.165, 1.54) is 19.1 Å². The minimum atomic E-state index is -0.0603. The van der Waals surface area contributed by atoms with Gasteiger partial charge in [0.15, 0.2) is 0 Å². The lowest BCUT2D eigenvalue weighted by atomic mass is 9.79. The molecule has 2 aliphatic rings. The van der Waals surface area contributed by atoms with E-state index in [2.05, 4.69) is 36.2 Å². The van der Waals surface area contributed by atoms with E-state index in [-0.39, 0.29) is 17.8 Å². The van der Waals surface area contributed by atoms with Gasteiger partial charge in [-0.1, -0.05) is 42.5 Å². The molecule has 0 radical (unpaired) electrons. The lowest BCUT2D eigenvalue weighted by molar-refractivity contribution is -0.151. The summed E-state index contributed by atoms with van der Waals surface area (Å²) in [5.41, 5.74) is 1.19. The number of carbonyl (C=O) groups is 1. The zero-order valence-corrected chi connectivity index (χ0v) is 12.7. The lowest BCUT2D eigenvalue weighted by Gasteiger charge is -2.40. The number of nitrogens with zero attached hydrogens (tertiary/aromatic N) is 1. The molecule has 0 unspecified atom stereocenters. The molecule has 2 aliphatic heterocycles. The average molecular weight is 285 g/mol. The van der Waals surface area contributed by atoms with Crippen LogP contribution in [0.25, 0.3) is 6.08 Å². The van der Waals surface area contributed by atoms with Crippen molar-refractivity contribution in [2.75, 3.05) is 14.2 Å². The van der Waals surface area contributed by atoms with Crippen LogP contribution in [0.5, 0.6) is 0 Å². The van der Waals surface area contributed by atoms with Crippen LogP contribution in [0, 0.1) is 11.8 Å². The highest BCUT2D eigenvalue weighted by Gasteiger charge is 2.48. The Balaban J connectivity index is 1.82. The normalized spacial score (nSPS) is 32.5. The van der Waals surface area contributed by atoms with E-state index >= 15 is 0 Å². The van der Waals surface area contributed by atoms with E-state index in [0.717, 1.165) is 12.8 Å². The van der Waals surface area contributed by atoms with E-state index in [1.54, 1.807) is 0 Å². The van der Waals surface area contributed by atoms with Gasteiger partial charge in [-0.2, -0.15) is 0 Å². The van der Waals surface area contributed by atoms with Crippen molar-refractivity contribution in [2.24, 2.45) is 11.8 Å². The molecule has 0 aliphatic carbocycles. The van der Waals surface area contributed by atoms with E-state index in [0.29, 0.717) is 12.1 Å². The molecule has 2 fully saturated rings. The molecule has 2 heterocycles. The maximum absolute atomic E-state index is 12.2. The summed E-state index contributed by atoms with van der Waals surface area (Å²) in [4.78, 5) is 14.6. The van der Waals surface area contributed by atoms with Crippen LogP contribution in [-0.2, 0) is 9.53 Å². The van der Waals surface area contributed by atoms with Crippen LogP contribution < -0.4 is 0 Å². The summed E-state index contributed by atoms with van der Waals surface area (Å²) in [6, 6.07) is 11.2. The molecule has 2 saturated heterocycles. The minimum absolute atomic E-state index is 0.0290. The van der Waals surface area contributed by atoms with Crippen LogP contribution in [0.1, 0.15) is 24.8 Å². The molecular formula is C18H23NO2. The smallest absolute Gasteiger partial charge is 0.310 e. The second-order valence-corrected chi connectivity index (χ2v) is 6.18. The Morgan fingerprint density at radius 1 is 1.29 bits per heavy atom. The number of piperidine rings is 1. The Bertz CT molecular complexity index is 525. The first-order valence-corrected chi connectivity index (χ1v) is 7.73. The fourth-order valence-corrected chi connectivity index (χ4v) is 3.97. The first-order valence-electron chi connectivity index (χ1n) is 7.73. The maximum atomic E-state index is 12.2. The first-order chi connectivity index (χ1) is 10.2. The molecule has 2 bridgehead atoms. The molecule has 1 aromatic carbocycles. The van der Waals surface area contributed by atoms with Gasteiger partial charge in [0.1, 0.15) is 0 Å². The van der Waals surface area contributed by atoms with Crippen LogP contribution in [0.15, 0.2) is 36.4 Å². The van der Waals surface area contributed by atoms with Crippen molar-refractivity contribution in [1.29, 1.82) is 0 Å². The Hall–Kier alpha value is -1.61. The van der Waals surface area contributed by atoms with Gasteiger partial charge in [-0.15, -0.1) is 0 Å². The quantitative estimate of drug-likeness (QED) is 0.800. The number of hydrogen-bond acceptors (Lipinski definition) is 3. The summed E-state index contributed by atoms with van der Waals surface area (Å²) < 4.78 is 5.07. The van der Waals surface area contributed by atoms with Crippen molar-refractivity contribution in [3.63, 3.8) is 0 Å². The topological polar surface area (TPSA) is 29.5 Å². The minimum Gasteiger partial charge on any atom is -0.469 e. The largest absolute Gasteiger partial charge is 0.469 e. The number of rotatable bonds is 3. The summed E-state index contributed by atoms with van der Waals surface area (Å²) in [7, 11) is 3.65. The Morgan fingerprint density at radius 3 is 2.76 bits per heavy atom. The van der Waals surface area contributed by atoms with Crippen LogP contribution in [0.2, 0.25) is 0 Å². The molecule has 0 spiro atoms. The highest BCUT2D eigenvalue weighted by atomic mass is 16.5. The van der Waals surface area contributed by atoms with Crippen LogP contribution in [-0.4, -0.2) is 37.1 Å². The van der Waals surface area contributed by atoms with Crippen LogP contribution >= 0.6 is 0 Å². The molecule has 21 heavy (non-hydrogen) atoms. The number of esters is 1. The molecule has 0 amide bonds. The lowest BCUT2D eigenvalue weighted by Crippen LogP contribution is -2.49. The third-order valence-electron chi connectivity index (χ3n) is 5.12. The van der Waals surface area contributed by atoms with E-state index in [1.807, 2.05) is 18.2 Å². The molecular weight excluding hydrogens is 262 g/mol. The third-order valence-corrected chi connectivity index (χ3v) is 5.12.